The monoisotopic (exact) mass is 678 g/mol. The van der Waals surface area contributed by atoms with Crippen molar-refractivity contribution >= 4 is 57.6 Å². The van der Waals surface area contributed by atoms with Crippen LogP contribution >= 0.6 is 34.8 Å². The van der Waals surface area contributed by atoms with Gasteiger partial charge in [0.2, 0.25) is 5.75 Å². The third-order valence-electron chi connectivity index (χ3n) is 7.21. The maximum Gasteiger partial charge on any atom is 0.313 e. The number of fused-ring (bicyclic) bond motifs is 1. The average molecular weight is 680 g/mol. The number of nitrogens with zero attached hydrogens (tertiary/aromatic N) is 4. The van der Waals surface area contributed by atoms with Gasteiger partial charge in [-0.15, -0.1) is 0 Å². The molecule has 0 saturated heterocycles. The Hall–Kier alpha value is -4.44. The number of hydrogen-bond acceptors (Lipinski definition) is 7. The molecule has 0 spiro atoms. The van der Waals surface area contributed by atoms with Crippen molar-refractivity contribution in [1.82, 2.24) is 9.66 Å². The smallest absolute Gasteiger partial charge is 0.313 e. The van der Waals surface area contributed by atoms with E-state index >= 15 is 0 Å². The van der Waals surface area contributed by atoms with Crippen LogP contribution in [0.4, 0.5) is 5.69 Å². The standard InChI is InChI=1S/C34H29Cl3N4O5/c1-5-45-31-12-20(4)25(16-24(31)19(2)3)33-39-29-9-7-6-8-23(29)34(42)40(33)38-17-22-14-28(37)32(30(15-22)41(43)44)46-18-21-10-11-26(35)27(36)13-21/h6-17,19H,5,18H2,1-4H3. The van der Waals surface area contributed by atoms with Gasteiger partial charge >= 0.3 is 5.69 Å². The molecule has 9 nitrogen and oxygen atoms in total. The van der Waals surface area contributed by atoms with E-state index in [1.165, 1.54) is 23.0 Å². The summed E-state index contributed by atoms with van der Waals surface area (Å²) in [6, 6.07) is 18.5. The Kier molecular flexibility index (Phi) is 9.96. The summed E-state index contributed by atoms with van der Waals surface area (Å²) in [5, 5.41) is 17.6. The number of aromatic nitrogens is 2. The first-order valence-corrected chi connectivity index (χ1v) is 15.5. The lowest BCUT2D eigenvalue weighted by Crippen LogP contribution is -2.21. The van der Waals surface area contributed by atoms with Gasteiger partial charge in [-0.2, -0.15) is 9.78 Å². The lowest BCUT2D eigenvalue weighted by Gasteiger charge is -2.18. The average Bonchev–Trinajstić information content (AvgIpc) is 3.01. The van der Waals surface area contributed by atoms with E-state index in [9.17, 15) is 14.9 Å². The molecule has 236 valence electrons. The van der Waals surface area contributed by atoms with Gasteiger partial charge in [0.25, 0.3) is 5.56 Å². The number of nitro groups is 1. The van der Waals surface area contributed by atoms with E-state index in [0.717, 1.165) is 16.9 Å². The normalized spacial score (nSPS) is 11.5. The maximum absolute atomic E-state index is 13.8. The molecule has 0 aliphatic carbocycles. The molecule has 1 aromatic heterocycles. The molecule has 1 heterocycles. The van der Waals surface area contributed by atoms with Crippen LogP contribution in [-0.4, -0.2) is 27.4 Å². The van der Waals surface area contributed by atoms with Gasteiger partial charge in [0.1, 0.15) is 12.4 Å². The molecule has 0 saturated carbocycles. The molecular formula is C34H29Cl3N4O5. The van der Waals surface area contributed by atoms with Crippen LogP contribution in [0.3, 0.4) is 0 Å². The lowest BCUT2D eigenvalue weighted by molar-refractivity contribution is -0.385. The predicted octanol–water partition coefficient (Wildman–Crippen LogP) is 9.22. The Morgan fingerprint density at radius 1 is 1.00 bits per heavy atom. The van der Waals surface area contributed by atoms with Crippen LogP contribution in [-0.2, 0) is 6.61 Å². The molecule has 0 N–H and O–H groups in total. The number of aryl methyl sites for hydroxylation is 1. The molecule has 0 unspecified atom stereocenters. The quantitative estimate of drug-likeness (QED) is 0.0827. The van der Waals surface area contributed by atoms with Crippen LogP contribution in [0.1, 0.15) is 48.9 Å². The Labute approximate surface area is 280 Å². The maximum atomic E-state index is 13.8. The Morgan fingerprint density at radius 2 is 1.76 bits per heavy atom. The minimum Gasteiger partial charge on any atom is -0.494 e. The van der Waals surface area contributed by atoms with Gasteiger partial charge in [-0.25, -0.2) is 4.98 Å². The van der Waals surface area contributed by atoms with Crippen molar-refractivity contribution in [2.75, 3.05) is 6.61 Å². The summed E-state index contributed by atoms with van der Waals surface area (Å²) in [5.41, 5.74) is 3.14. The van der Waals surface area contributed by atoms with E-state index in [-0.39, 0.29) is 34.5 Å². The topological polar surface area (TPSA) is 109 Å². The Bertz CT molecular complexity index is 2060. The fraction of sp³-hybridized carbons (Fsp3) is 0.206. The lowest BCUT2D eigenvalue weighted by atomic mass is 9.96. The molecule has 0 bridgehead atoms. The molecule has 4 aromatic carbocycles. The van der Waals surface area contributed by atoms with Crippen LogP contribution in [0.2, 0.25) is 15.1 Å². The van der Waals surface area contributed by atoms with Crippen LogP contribution in [0, 0.1) is 17.0 Å². The molecule has 0 amide bonds. The fourth-order valence-electron chi connectivity index (χ4n) is 4.94. The van der Waals surface area contributed by atoms with Crippen LogP contribution in [0.5, 0.6) is 11.5 Å². The molecule has 5 rings (SSSR count). The first-order chi connectivity index (χ1) is 22.0. The third-order valence-corrected chi connectivity index (χ3v) is 8.23. The number of hydrogen-bond donors (Lipinski definition) is 0. The van der Waals surface area contributed by atoms with E-state index in [4.69, 9.17) is 49.3 Å². The SMILES string of the molecule is CCOc1cc(C)c(-c2nc3ccccc3c(=O)n2N=Cc2cc(Cl)c(OCc3ccc(Cl)c(Cl)c3)c([N+](=O)[O-])c2)cc1C(C)C. The van der Waals surface area contributed by atoms with Crippen molar-refractivity contribution in [2.24, 2.45) is 5.10 Å². The number of halogens is 3. The van der Waals surface area contributed by atoms with Gasteiger partial charge in [-0.05, 0) is 78.9 Å². The molecule has 0 atom stereocenters. The first kappa shape index (κ1) is 32.9. The summed E-state index contributed by atoms with van der Waals surface area (Å²) >= 11 is 18.6. The van der Waals surface area contributed by atoms with Crippen molar-refractivity contribution in [3.8, 4) is 22.9 Å². The van der Waals surface area contributed by atoms with Crippen molar-refractivity contribution in [2.45, 2.75) is 40.2 Å². The van der Waals surface area contributed by atoms with Gasteiger partial charge in [-0.3, -0.25) is 14.9 Å². The van der Waals surface area contributed by atoms with Crippen LogP contribution in [0.25, 0.3) is 22.3 Å². The zero-order valence-electron chi connectivity index (χ0n) is 25.4. The highest BCUT2D eigenvalue weighted by Crippen LogP contribution is 2.37. The molecule has 0 radical (unpaired) electrons. The molecular weight excluding hydrogens is 651 g/mol. The molecule has 12 heteroatoms. The Balaban J connectivity index is 1.60. The minimum atomic E-state index is -0.598. The van der Waals surface area contributed by atoms with Gasteiger partial charge in [-0.1, -0.05) is 66.8 Å². The summed E-state index contributed by atoms with van der Waals surface area (Å²) in [6.45, 7) is 8.43. The summed E-state index contributed by atoms with van der Waals surface area (Å²) < 4.78 is 12.8. The second-order valence-corrected chi connectivity index (χ2v) is 12.0. The van der Waals surface area contributed by atoms with Crippen LogP contribution < -0.4 is 15.0 Å². The highest BCUT2D eigenvalue weighted by atomic mass is 35.5. The fourth-order valence-corrected chi connectivity index (χ4v) is 5.54. The van der Waals surface area contributed by atoms with Gasteiger partial charge < -0.3 is 9.47 Å². The van der Waals surface area contributed by atoms with E-state index in [1.54, 1.807) is 36.4 Å². The highest BCUT2D eigenvalue weighted by Gasteiger charge is 2.22. The first-order valence-electron chi connectivity index (χ1n) is 14.4. The van der Waals surface area contributed by atoms with Crippen LogP contribution in [0.15, 0.2) is 76.6 Å². The molecule has 5 aromatic rings. The number of para-hydroxylation sites is 1. The van der Waals surface area contributed by atoms with Crippen molar-refractivity contribution in [1.29, 1.82) is 0 Å². The second-order valence-electron chi connectivity index (χ2n) is 10.8. The highest BCUT2D eigenvalue weighted by molar-refractivity contribution is 6.42. The second kappa shape index (κ2) is 13.9. The van der Waals surface area contributed by atoms with Gasteiger partial charge in [0, 0.05) is 17.2 Å². The third kappa shape index (κ3) is 6.87. The minimum absolute atomic E-state index is 0.0103. The van der Waals surface area contributed by atoms with E-state index in [1.807, 2.05) is 32.0 Å². The Morgan fingerprint density at radius 3 is 2.46 bits per heavy atom. The molecule has 0 aliphatic rings. The summed E-state index contributed by atoms with van der Waals surface area (Å²) in [6.07, 6.45) is 1.33. The molecule has 46 heavy (non-hydrogen) atoms. The number of nitro benzene ring substituents is 1. The summed E-state index contributed by atoms with van der Waals surface area (Å²) in [7, 11) is 0. The molecule has 0 fully saturated rings. The van der Waals surface area contributed by atoms with E-state index in [2.05, 4.69) is 18.9 Å². The summed E-state index contributed by atoms with van der Waals surface area (Å²) in [5.74, 6) is 1.08. The number of benzene rings is 4. The van der Waals surface area contributed by atoms with Crippen molar-refractivity contribution in [3.63, 3.8) is 0 Å². The van der Waals surface area contributed by atoms with Gasteiger partial charge in [0.05, 0.1) is 43.7 Å². The van der Waals surface area contributed by atoms with E-state index in [0.29, 0.717) is 44.5 Å². The molecule has 0 aliphatic heterocycles. The number of ether oxygens (including phenoxy) is 2. The summed E-state index contributed by atoms with van der Waals surface area (Å²) in [4.78, 5) is 30.1. The largest absolute Gasteiger partial charge is 0.494 e. The predicted molar refractivity (Wildman–Crippen MR) is 183 cm³/mol. The van der Waals surface area contributed by atoms with Crippen molar-refractivity contribution in [3.05, 3.63) is 125 Å². The zero-order valence-corrected chi connectivity index (χ0v) is 27.7. The zero-order chi connectivity index (χ0) is 33.1. The van der Waals surface area contributed by atoms with E-state index < -0.39 is 10.5 Å². The van der Waals surface area contributed by atoms with Gasteiger partial charge in [0.15, 0.2) is 5.82 Å². The number of rotatable bonds is 10. The van der Waals surface area contributed by atoms with Crippen molar-refractivity contribution < 1.29 is 14.4 Å².